The van der Waals surface area contributed by atoms with E-state index in [0.717, 1.165) is 12.2 Å². The minimum absolute atomic E-state index is 0.0244. The Hall–Kier alpha value is -2.09. The van der Waals surface area contributed by atoms with E-state index in [0.29, 0.717) is 17.5 Å². The Morgan fingerprint density at radius 2 is 2.25 bits per heavy atom. The van der Waals surface area contributed by atoms with Crippen molar-refractivity contribution in [1.82, 2.24) is 15.2 Å². The number of hydrogen-bond acceptors (Lipinski definition) is 6. The van der Waals surface area contributed by atoms with Gasteiger partial charge < -0.3 is 4.74 Å². The normalized spacial score (nSPS) is 10.4. The molecule has 0 aliphatic carbocycles. The highest BCUT2D eigenvalue weighted by Gasteiger charge is 2.13. The minimum Gasteiger partial charge on any atom is -0.486 e. The molecule has 7 nitrogen and oxygen atoms in total. The third-order valence-electron chi connectivity index (χ3n) is 2.48. The first-order valence-electron chi connectivity index (χ1n) is 6.11. The molecule has 0 fully saturated rings. The zero-order valence-corrected chi connectivity index (χ0v) is 11.7. The lowest BCUT2D eigenvalue weighted by molar-refractivity contribution is -0.385. The summed E-state index contributed by atoms with van der Waals surface area (Å²) in [4.78, 5) is 14.6. The molecule has 1 aromatic carbocycles. The van der Waals surface area contributed by atoms with Crippen LogP contribution in [0.1, 0.15) is 12.7 Å². The lowest BCUT2D eigenvalue weighted by Gasteiger charge is -2.05. The van der Waals surface area contributed by atoms with E-state index in [1.807, 2.05) is 6.92 Å². The second kappa shape index (κ2) is 6.90. The summed E-state index contributed by atoms with van der Waals surface area (Å²) in [6.07, 6.45) is 0.806. The Morgan fingerprint density at radius 1 is 1.45 bits per heavy atom. The molecular weight excluding hydrogens is 280 g/mol. The Labute approximate surface area is 119 Å². The van der Waals surface area contributed by atoms with Crippen LogP contribution in [-0.4, -0.2) is 32.5 Å². The average molecular weight is 294 g/mol. The lowest BCUT2D eigenvalue weighted by Crippen LogP contribution is -2.02. The minimum atomic E-state index is -0.453. The van der Waals surface area contributed by atoms with Crippen LogP contribution < -0.4 is 4.74 Å². The number of para-hydroxylation sites is 2. The second-order valence-electron chi connectivity index (χ2n) is 3.84. The summed E-state index contributed by atoms with van der Waals surface area (Å²) in [5.74, 6) is 1.74. The van der Waals surface area contributed by atoms with Gasteiger partial charge in [-0.1, -0.05) is 30.8 Å². The molecule has 8 heteroatoms. The smallest absolute Gasteiger partial charge is 0.310 e. The van der Waals surface area contributed by atoms with Crippen molar-refractivity contribution in [2.24, 2.45) is 0 Å². The van der Waals surface area contributed by atoms with Crippen LogP contribution in [0.15, 0.2) is 29.4 Å². The predicted molar refractivity (Wildman–Crippen MR) is 75.1 cm³/mol. The predicted octanol–water partition coefficient (Wildman–Crippen LogP) is 2.45. The zero-order valence-electron chi connectivity index (χ0n) is 10.9. The number of nitrogens with one attached hydrogen (secondary N) is 1. The molecule has 0 aliphatic rings. The molecule has 0 saturated heterocycles. The van der Waals surface area contributed by atoms with Gasteiger partial charge in [0.15, 0.2) is 5.75 Å². The molecule has 0 atom stereocenters. The molecule has 2 aromatic rings. The van der Waals surface area contributed by atoms with Gasteiger partial charge in [0.05, 0.1) is 11.5 Å². The largest absolute Gasteiger partial charge is 0.486 e. The van der Waals surface area contributed by atoms with Crippen molar-refractivity contribution in [2.45, 2.75) is 18.5 Å². The summed E-state index contributed by atoms with van der Waals surface area (Å²) in [5.41, 5.74) is -0.0244. The highest BCUT2D eigenvalue weighted by Crippen LogP contribution is 2.26. The number of benzene rings is 1. The van der Waals surface area contributed by atoms with Crippen molar-refractivity contribution in [1.29, 1.82) is 0 Å². The Kier molecular flexibility index (Phi) is 4.94. The van der Waals surface area contributed by atoms with Gasteiger partial charge in [-0.15, -0.1) is 5.10 Å². The Morgan fingerprint density at radius 3 is 2.95 bits per heavy atom. The van der Waals surface area contributed by atoms with Crippen LogP contribution in [0.3, 0.4) is 0 Å². The number of ether oxygens (including phenoxy) is 1. The molecule has 0 amide bonds. The molecule has 0 radical (unpaired) electrons. The second-order valence-corrected chi connectivity index (χ2v) is 4.90. The Bertz CT molecular complexity index is 588. The van der Waals surface area contributed by atoms with Crippen molar-refractivity contribution in [2.75, 3.05) is 12.4 Å². The number of aromatic amines is 1. The first-order chi connectivity index (χ1) is 9.70. The average Bonchev–Trinajstić information content (AvgIpc) is 2.92. The van der Waals surface area contributed by atoms with E-state index >= 15 is 0 Å². The van der Waals surface area contributed by atoms with E-state index in [9.17, 15) is 10.1 Å². The van der Waals surface area contributed by atoms with Gasteiger partial charge in [0.2, 0.25) is 5.16 Å². The molecule has 1 aromatic heterocycles. The van der Waals surface area contributed by atoms with Gasteiger partial charge >= 0.3 is 5.69 Å². The van der Waals surface area contributed by atoms with E-state index < -0.39 is 4.92 Å². The standard InChI is InChI=1S/C12H14N4O3S/c1-2-11-13-12(15-14-11)20-8-7-19-10-6-4-3-5-9(10)16(17)18/h3-6H,2,7-8H2,1H3,(H,13,14,15). The van der Waals surface area contributed by atoms with Gasteiger partial charge in [-0.2, -0.15) is 0 Å². The lowest BCUT2D eigenvalue weighted by atomic mass is 10.3. The number of hydrogen-bond donors (Lipinski definition) is 1. The quantitative estimate of drug-likeness (QED) is 0.365. The van der Waals surface area contributed by atoms with Crippen molar-refractivity contribution in [3.63, 3.8) is 0 Å². The first-order valence-corrected chi connectivity index (χ1v) is 7.09. The molecule has 1 heterocycles. The monoisotopic (exact) mass is 294 g/mol. The molecule has 0 aliphatic heterocycles. The number of nitrogens with zero attached hydrogens (tertiary/aromatic N) is 3. The van der Waals surface area contributed by atoms with Crippen LogP contribution in [0, 0.1) is 10.1 Å². The zero-order chi connectivity index (χ0) is 14.4. The number of aromatic nitrogens is 3. The third kappa shape index (κ3) is 3.70. The van der Waals surface area contributed by atoms with Crippen LogP contribution in [0.2, 0.25) is 0 Å². The van der Waals surface area contributed by atoms with E-state index in [-0.39, 0.29) is 11.4 Å². The molecule has 106 valence electrons. The van der Waals surface area contributed by atoms with E-state index in [2.05, 4.69) is 15.2 Å². The molecule has 0 unspecified atom stereocenters. The van der Waals surface area contributed by atoms with E-state index in [1.54, 1.807) is 18.2 Å². The summed E-state index contributed by atoms with van der Waals surface area (Å²) in [7, 11) is 0. The van der Waals surface area contributed by atoms with E-state index in [4.69, 9.17) is 4.74 Å². The van der Waals surface area contributed by atoms with Gasteiger partial charge in [0, 0.05) is 18.2 Å². The summed E-state index contributed by atoms with van der Waals surface area (Å²) < 4.78 is 5.43. The molecule has 0 bridgehead atoms. The fourth-order valence-electron chi connectivity index (χ4n) is 1.52. The van der Waals surface area contributed by atoms with Gasteiger partial charge in [0.25, 0.3) is 0 Å². The topological polar surface area (TPSA) is 93.9 Å². The molecule has 1 N–H and O–H groups in total. The van der Waals surface area contributed by atoms with Crippen molar-refractivity contribution < 1.29 is 9.66 Å². The fraction of sp³-hybridized carbons (Fsp3) is 0.333. The van der Waals surface area contributed by atoms with Crippen LogP contribution in [-0.2, 0) is 6.42 Å². The highest BCUT2D eigenvalue weighted by molar-refractivity contribution is 7.99. The van der Waals surface area contributed by atoms with Crippen LogP contribution in [0.4, 0.5) is 5.69 Å². The summed E-state index contributed by atoms with van der Waals surface area (Å²) in [5, 5.41) is 18.3. The van der Waals surface area contributed by atoms with E-state index in [1.165, 1.54) is 17.8 Å². The van der Waals surface area contributed by atoms with Gasteiger partial charge in [-0.05, 0) is 6.07 Å². The number of H-pyrrole nitrogens is 1. The number of nitro benzene ring substituents is 1. The van der Waals surface area contributed by atoms with Crippen LogP contribution >= 0.6 is 11.8 Å². The van der Waals surface area contributed by atoms with Crippen molar-refractivity contribution in [3.05, 3.63) is 40.2 Å². The molecule has 20 heavy (non-hydrogen) atoms. The molecule has 2 rings (SSSR count). The fourth-order valence-corrected chi connectivity index (χ4v) is 2.15. The maximum Gasteiger partial charge on any atom is 0.310 e. The number of nitro groups is 1. The van der Waals surface area contributed by atoms with Crippen molar-refractivity contribution >= 4 is 17.4 Å². The molecule has 0 saturated carbocycles. The third-order valence-corrected chi connectivity index (χ3v) is 3.29. The molecular formula is C12H14N4O3S. The van der Waals surface area contributed by atoms with Gasteiger partial charge in [-0.3, -0.25) is 15.2 Å². The SMILES string of the molecule is CCc1nc(SCCOc2ccccc2[N+](=O)[O-])n[nH]1. The van der Waals surface area contributed by atoms with Gasteiger partial charge in [-0.25, -0.2) is 4.98 Å². The first kappa shape index (κ1) is 14.3. The Balaban J connectivity index is 1.83. The summed E-state index contributed by atoms with van der Waals surface area (Å²) in [6, 6.07) is 6.33. The maximum atomic E-state index is 10.8. The van der Waals surface area contributed by atoms with Crippen molar-refractivity contribution in [3.8, 4) is 5.75 Å². The maximum absolute atomic E-state index is 10.8. The number of thioether (sulfide) groups is 1. The van der Waals surface area contributed by atoms with Crippen LogP contribution in [0.5, 0.6) is 5.75 Å². The van der Waals surface area contributed by atoms with Crippen LogP contribution in [0.25, 0.3) is 0 Å². The molecule has 0 spiro atoms. The number of aryl methyl sites for hydroxylation is 1. The number of rotatable bonds is 7. The summed E-state index contributed by atoms with van der Waals surface area (Å²) >= 11 is 1.44. The van der Waals surface area contributed by atoms with Gasteiger partial charge in [0.1, 0.15) is 5.82 Å². The summed E-state index contributed by atoms with van der Waals surface area (Å²) in [6.45, 7) is 2.35. The highest BCUT2D eigenvalue weighted by atomic mass is 32.2.